The van der Waals surface area contributed by atoms with Crippen LogP contribution in [0.25, 0.3) is 0 Å². The molecule has 1 aromatic carbocycles. The van der Waals surface area contributed by atoms with Gasteiger partial charge in [-0.05, 0) is 43.4 Å². The molecule has 4 nitrogen and oxygen atoms in total. The first-order valence-electron chi connectivity index (χ1n) is 6.85. The molecule has 0 unspecified atom stereocenters. The van der Waals surface area contributed by atoms with E-state index in [1.54, 1.807) is 18.2 Å². The fraction of sp³-hybridized carbons (Fsp3) is 0.467. The van der Waals surface area contributed by atoms with Crippen molar-refractivity contribution in [2.45, 2.75) is 32.2 Å². The van der Waals surface area contributed by atoms with Gasteiger partial charge in [0.15, 0.2) is 0 Å². The Balaban J connectivity index is 1.65. The van der Waals surface area contributed by atoms with Gasteiger partial charge in [0.25, 0.3) is 5.91 Å². The van der Waals surface area contributed by atoms with Gasteiger partial charge in [0, 0.05) is 23.2 Å². The lowest BCUT2D eigenvalue weighted by Gasteiger charge is -2.07. The van der Waals surface area contributed by atoms with E-state index in [-0.39, 0.29) is 17.7 Å². The smallest absolute Gasteiger partial charge is 0.251 e. The summed E-state index contributed by atoms with van der Waals surface area (Å²) >= 11 is 0. The minimum Gasteiger partial charge on any atom is -0.349 e. The topological polar surface area (TPSA) is 58.2 Å². The van der Waals surface area contributed by atoms with Crippen molar-refractivity contribution in [3.8, 4) is 0 Å². The Morgan fingerprint density at radius 1 is 1.26 bits per heavy atom. The summed E-state index contributed by atoms with van der Waals surface area (Å²) in [4.78, 5) is 23.7. The fourth-order valence-electron chi connectivity index (χ4n) is 2.16. The second-order valence-corrected chi connectivity index (χ2v) is 5.64. The molecule has 4 heteroatoms. The first-order chi connectivity index (χ1) is 9.13. The van der Waals surface area contributed by atoms with Gasteiger partial charge in [0.1, 0.15) is 0 Å². The summed E-state index contributed by atoms with van der Waals surface area (Å²) in [6.07, 6.45) is 3.11. The molecule has 0 heterocycles. The number of anilines is 1. The van der Waals surface area contributed by atoms with E-state index in [0.29, 0.717) is 23.2 Å². The first-order valence-corrected chi connectivity index (χ1v) is 6.85. The highest BCUT2D eigenvalue weighted by Gasteiger charge is 2.39. The summed E-state index contributed by atoms with van der Waals surface area (Å²) in [5, 5.41) is 5.82. The number of hydrogen-bond donors (Lipinski definition) is 2. The van der Waals surface area contributed by atoms with Crippen molar-refractivity contribution in [3.63, 3.8) is 0 Å². The number of benzene rings is 1. The number of rotatable bonds is 4. The van der Waals surface area contributed by atoms with Crippen LogP contribution in [-0.4, -0.2) is 17.9 Å². The van der Waals surface area contributed by atoms with Crippen molar-refractivity contribution in [2.75, 3.05) is 5.32 Å². The van der Waals surface area contributed by atoms with Gasteiger partial charge >= 0.3 is 0 Å². The summed E-state index contributed by atoms with van der Waals surface area (Å²) in [5.74, 6) is 0.635. The molecule has 3 rings (SSSR count). The molecule has 2 aliphatic rings. The molecule has 0 aliphatic heterocycles. The number of nitrogens with one attached hydrogen (secondary N) is 2. The van der Waals surface area contributed by atoms with Crippen LogP contribution in [0.4, 0.5) is 5.69 Å². The molecule has 0 radical (unpaired) electrons. The summed E-state index contributed by atoms with van der Waals surface area (Å²) in [6, 6.07) is 7.47. The van der Waals surface area contributed by atoms with E-state index in [2.05, 4.69) is 17.6 Å². The average Bonchev–Trinajstić information content (AvgIpc) is 3.28. The van der Waals surface area contributed by atoms with E-state index in [9.17, 15) is 9.59 Å². The van der Waals surface area contributed by atoms with Crippen LogP contribution in [0.2, 0.25) is 0 Å². The lowest BCUT2D eigenvalue weighted by atomic mass is 10.2. The largest absolute Gasteiger partial charge is 0.349 e. The first kappa shape index (κ1) is 12.2. The normalized spacial score (nSPS) is 24.7. The minimum atomic E-state index is -0.0570. The van der Waals surface area contributed by atoms with E-state index >= 15 is 0 Å². The Bertz CT molecular complexity index is 523. The summed E-state index contributed by atoms with van der Waals surface area (Å²) < 4.78 is 0. The number of amides is 2. The fourth-order valence-corrected chi connectivity index (χ4v) is 2.16. The SMILES string of the molecule is C[C@@H]1C[C@H]1C(=O)Nc1cccc(C(=O)NC2CC2)c1. The third-order valence-corrected chi connectivity index (χ3v) is 3.75. The van der Waals surface area contributed by atoms with Gasteiger partial charge in [-0.2, -0.15) is 0 Å². The van der Waals surface area contributed by atoms with E-state index in [1.165, 1.54) is 0 Å². The van der Waals surface area contributed by atoms with Gasteiger partial charge < -0.3 is 10.6 Å². The maximum atomic E-state index is 11.9. The highest BCUT2D eigenvalue weighted by molar-refractivity contribution is 5.98. The molecule has 2 saturated carbocycles. The van der Waals surface area contributed by atoms with E-state index in [0.717, 1.165) is 19.3 Å². The molecule has 0 saturated heterocycles. The van der Waals surface area contributed by atoms with Gasteiger partial charge in [-0.3, -0.25) is 9.59 Å². The van der Waals surface area contributed by atoms with Gasteiger partial charge in [0.2, 0.25) is 5.91 Å². The highest BCUT2D eigenvalue weighted by atomic mass is 16.2. The molecular formula is C15H18N2O2. The monoisotopic (exact) mass is 258 g/mol. The van der Waals surface area contributed by atoms with Gasteiger partial charge in [-0.1, -0.05) is 13.0 Å². The second-order valence-electron chi connectivity index (χ2n) is 5.64. The molecule has 2 atom stereocenters. The number of carbonyl (C=O) groups is 2. The predicted molar refractivity (Wildman–Crippen MR) is 72.8 cm³/mol. The number of carbonyl (C=O) groups excluding carboxylic acids is 2. The average molecular weight is 258 g/mol. The molecule has 2 aliphatic carbocycles. The van der Waals surface area contributed by atoms with Gasteiger partial charge in [0.05, 0.1) is 0 Å². The van der Waals surface area contributed by atoms with Crippen LogP contribution < -0.4 is 10.6 Å². The van der Waals surface area contributed by atoms with Gasteiger partial charge in [-0.15, -0.1) is 0 Å². The lowest BCUT2D eigenvalue weighted by Crippen LogP contribution is -2.25. The van der Waals surface area contributed by atoms with Crippen molar-refractivity contribution in [1.82, 2.24) is 5.32 Å². The standard InChI is InChI=1S/C15H18N2O2/c1-9-7-13(9)15(19)17-12-4-2-3-10(8-12)14(18)16-11-5-6-11/h2-4,8-9,11,13H,5-7H2,1H3,(H,16,18)(H,17,19)/t9-,13-/m1/s1. The van der Waals surface area contributed by atoms with Crippen LogP contribution >= 0.6 is 0 Å². The van der Waals surface area contributed by atoms with E-state index < -0.39 is 0 Å². The van der Waals surface area contributed by atoms with Crippen molar-refractivity contribution in [2.24, 2.45) is 11.8 Å². The lowest BCUT2D eigenvalue weighted by molar-refractivity contribution is -0.117. The third-order valence-electron chi connectivity index (χ3n) is 3.75. The van der Waals surface area contributed by atoms with E-state index in [1.807, 2.05) is 6.07 Å². The quantitative estimate of drug-likeness (QED) is 0.869. The summed E-state index contributed by atoms with van der Waals surface area (Å²) in [6.45, 7) is 2.07. The van der Waals surface area contributed by atoms with Crippen molar-refractivity contribution in [1.29, 1.82) is 0 Å². The third kappa shape index (κ3) is 2.95. The zero-order valence-corrected chi connectivity index (χ0v) is 11.0. The van der Waals surface area contributed by atoms with Crippen molar-refractivity contribution < 1.29 is 9.59 Å². The molecule has 0 aromatic heterocycles. The van der Waals surface area contributed by atoms with Crippen molar-refractivity contribution >= 4 is 17.5 Å². The molecule has 1 aromatic rings. The van der Waals surface area contributed by atoms with Crippen LogP contribution in [0.1, 0.15) is 36.5 Å². The zero-order chi connectivity index (χ0) is 13.4. The molecule has 2 fully saturated rings. The minimum absolute atomic E-state index is 0.0570. The Kier molecular flexibility index (Phi) is 3.01. The second kappa shape index (κ2) is 4.68. The molecule has 0 bridgehead atoms. The van der Waals surface area contributed by atoms with Gasteiger partial charge in [-0.25, -0.2) is 0 Å². The molecule has 2 N–H and O–H groups in total. The Morgan fingerprint density at radius 2 is 2.00 bits per heavy atom. The van der Waals surface area contributed by atoms with E-state index in [4.69, 9.17) is 0 Å². The van der Waals surface area contributed by atoms with Crippen molar-refractivity contribution in [3.05, 3.63) is 29.8 Å². The van der Waals surface area contributed by atoms with Crippen LogP contribution in [0, 0.1) is 11.8 Å². The Labute approximate surface area is 112 Å². The highest BCUT2D eigenvalue weighted by Crippen LogP contribution is 2.38. The maximum absolute atomic E-state index is 11.9. The Morgan fingerprint density at radius 3 is 2.63 bits per heavy atom. The summed E-state index contributed by atoms with van der Waals surface area (Å²) in [5.41, 5.74) is 1.31. The van der Waals surface area contributed by atoms with Crippen LogP contribution in [0.15, 0.2) is 24.3 Å². The molecule has 19 heavy (non-hydrogen) atoms. The molecule has 2 amide bonds. The number of hydrogen-bond acceptors (Lipinski definition) is 2. The maximum Gasteiger partial charge on any atom is 0.251 e. The molecule has 100 valence electrons. The summed E-state index contributed by atoms with van der Waals surface area (Å²) in [7, 11) is 0. The molecule has 0 spiro atoms. The van der Waals surface area contributed by atoms with Crippen LogP contribution in [0.3, 0.4) is 0 Å². The predicted octanol–water partition coefficient (Wildman–Crippen LogP) is 2.17. The Hall–Kier alpha value is -1.84. The van der Waals surface area contributed by atoms with Crippen LogP contribution in [0.5, 0.6) is 0 Å². The molecular weight excluding hydrogens is 240 g/mol. The van der Waals surface area contributed by atoms with Crippen LogP contribution in [-0.2, 0) is 4.79 Å². The zero-order valence-electron chi connectivity index (χ0n) is 11.0.